The monoisotopic (exact) mass is 287 g/mol. The molecule has 0 saturated carbocycles. The molecule has 4 nitrogen and oxygen atoms in total. The molecule has 0 fully saturated rings. The minimum atomic E-state index is -1.13. The average Bonchev–Trinajstić information content (AvgIpc) is 2.38. The minimum absolute atomic E-state index is 0.0159. The van der Waals surface area contributed by atoms with E-state index in [1.165, 1.54) is 6.07 Å². The number of hydrogen-bond acceptors (Lipinski definition) is 3. The van der Waals surface area contributed by atoms with Crippen molar-refractivity contribution in [3.63, 3.8) is 0 Å². The molecule has 0 aliphatic carbocycles. The molecule has 112 valence electrons. The van der Waals surface area contributed by atoms with Crippen molar-refractivity contribution in [2.45, 2.75) is 32.2 Å². The second kappa shape index (κ2) is 7.19. The van der Waals surface area contributed by atoms with Crippen LogP contribution < -0.4 is 10.1 Å². The van der Waals surface area contributed by atoms with E-state index in [4.69, 9.17) is 4.74 Å². The molecule has 1 atom stereocenters. The molecule has 0 aliphatic rings. The molecule has 0 bridgehead atoms. The van der Waals surface area contributed by atoms with E-state index in [-0.39, 0.29) is 18.8 Å². The summed E-state index contributed by atoms with van der Waals surface area (Å²) in [5.74, 6) is -2.57. The zero-order valence-electron chi connectivity index (χ0n) is 11.6. The Balaban J connectivity index is 2.58. The number of carboxylic acid groups (broad SMARTS) is 1. The molecule has 0 aliphatic heterocycles. The average molecular weight is 287 g/mol. The van der Waals surface area contributed by atoms with Crippen molar-refractivity contribution < 1.29 is 23.4 Å². The Kier molecular flexibility index (Phi) is 5.88. The summed E-state index contributed by atoms with van der Waals surface area (Å²) in [7, 11) is 0. The summed E-state index contributed by atoms with van der Waals surface area (Å²) in [5, 5.41) is 12.1. The zero-order valence-corrected chi connectivity index (χ0v) is 11.6. The fraction of sp³-hybridized carbons (Fsp3) is 0.500. The van der Waals surface area contributed by atoms with Gasteiger partial charge in [0, 0.05) is 12.5 Å². The highest BCUT2D eigenvalue weighted by atomic mass is 19.1. The maximum Gasteiger partial charge on any atom is 0.323 e. The van der Waals surface area contributed by atoms with Gasteiger partial charge in [-0.3, -0.25) is 4.79 Å². The fourth-order valence-corrected chi connectivity index (χ4v) is 1.63. The Morgan fingerprint density at radius 1 is 1.45 bits per heavy atom. The van der Waals surface area contributed by atoms with Crippen LogP contribution in [0.4, 0.5) is 8.78 Å². The van der Waals surface area contributed by atoms with Crippen molar-refractivity contribution in [2.24, 2.45) is 0 Å². The topological polar surface area (TPSA) is 58.6 Å². The summed E-state index contributed by atoms with van der Waals surface area (Å²) in [4.78, 5) is 11.2. The summed E-state index contributed by atoms with van der Waals surface area (Å²) < 4.78 is 31.2. The second-order valence-corrected chi connectivity index (χ2v) is 4.74. The lowest BCUT2D eigenvalue weighted by atomic mass is 9.98. The van der Waals surface area contributed by atoms with Crippen LogP contribution in [-0.2, 0) is 4.79 Å². The molecule has 2 N–H and O–H groups in total. The molecule has 1 rings (SSSR count). The number of nitrogens with one attached hydrogen (secondary N) is 1. The Morgan fingerprint density at radius 3 is 2.70 bits per heavy atom. The number of carbonyl (C=O) groups is 1. The van der Waals surface area contributed by atoms with Gasteiger partial charge in [-0.15, -0.1) is 0 Å². The lowest BCUT2D eigenvalue weighted by molar-refractivity contribution is -0.144. The van der Waals surface area contributed by atoms with Crippen molar-refractivity contribution in [1.82, 2.24) is 5.32 Å². The normalized spacial score (nSPS) is 13.8. The number of aliphatic carboxylic acids is 1. The van der Waals surface area contributed by atoms with Crippen molar-refractivity contribution in [2.75, 3.05) is 13.2 Å². The van der Waals surface area contributed by atoms with Gasteiger partial charge in [0.15, 0.2) is 11.6 Å². The van der Waals surface area contributed by atoms with E-state index in [2.05, 4.69) is 5.32 Å². The van der Waals surface area contributed by atoms with Gasteiger partial charge in [0.25, 0.3) is 0 Å². The second-order valence-electron chi connectivity index (χ2n) is 4.74. The molecule has 1 unspecified atom stereocenters. The molecule has 20 heavy (non-hydrogen) atoms. The third kappa shape index (κ3) is 4.45. The van der Waals surface area contributed by atoms with Gasteiger partial charge in [0.05, 0.1) is 6.61 Å². The van der Waals surface area contributed by atoms with Gasteiger partial charge in [-0.1, -0.05) is 6.92 Å². The third-order valence-electron chi connectivity index (χ3n) is 2.99. The standard InChI is InChI=1S/C14H19F2NO3/c1-3-7-17-14(2,13(18)19)6-8-20-12-5-4-10(15)9-11(12)16/h4-5,9,17H,3,6-8H2,1-2H3,(H,18,19). The van der Waals surface area contributed by atoms with Crippen LogP contribution in [0.25, 0.3) is 0 Å². The van der Waals surface area contributed by atoms with Gasteiger partial charge in [-0.25, -0.2) is 8.78 Å². The van der Waals surface area contributed by atoms with Gasteiger partial charge < -0.3 is 15.2 Å². The molecular weight excluding hydrogens is 268 g/mol. The smallest absolute Gasteiger partial charge is 0.323 e. The SMILES string of the molecule is CCCNC(C)(CCOc1ccc(F)cc1F)C(=O)O. The molecule has 0 radical (unpaired) electrons. The van der Waals surface area contributed by atoms with Crippen molar-refractivity contribution in [1.29, 1.82) is 0 Å². The molecular formula is C14H19F2NO3. The number of rotatable bonds is 8. The fourth-order valence-electron chi connectivity index (χ4n) is 1.63. The maximum absolute atomic E-state index is 13.3. The molecule has 0 amide bonds. The summed E-state index contributed by atoms with van der Waals surface area (Å²) in [6, 6.07) is 2.99. The van der Waals surface area contributed by atoms with Crippen LogP contribution in [-0.4, -0.2) is 29.8 Å². The van der Waals surface area contributed by atoms with Crippen LogP contribution in [0.1, 0.15) is 26.7 Å². The first kappa shape index (κ1) is 16.4. The van der Waals surface area contributed by atoms with E-state index in [1.54, 1.807) is 6.92 Å². The Morgan fingerprint density at radius 2 is 2.15 bits per heavy atom. The van der Waals surface area contributed by atoms with Gasteiger partial charge in [0.2, 0.25) is 0 Å². The van der Waals surface area contributed by atoms with Crippen LogP contribution in [0.3, 0.4) is 0 Å². The van der Waals surface area contributed by atoms with E-state index in [9.17, 15) is 18.7 Å². The number of carboxylic acids is 1. The largest absolute Gasteiger partial charge is 0.490 e. The first-order valence-corrected chi connectivity index (χ1v) is 6.45. The van der Waals surface area contributed by atoms with E-state index >= 15 is 0 Å². The Bertz CT molecular complexity index is 468. The van der Waals surface area contributed by atoms with Crippen LogP contribution >= 0.6 is 0 Å². The highest BCUT2D eigenvalue weighted by molar-refractivity contribution is 5.78. The minimum Gasteiger partial charge on any atom is -0.490 e. The molecule has 0 aromatic heterocycles. The van der Waals surface area contributed by atoms with Crippen LogP contribution in [0.5, 0.6) is 5.75 Å². The van der Waals surface area contributed by atoms with E-state index < -0.39 is 23.1 Å². The lowest BCUT2D eigenvalue weighted by Crippen LogP contribution is -2.50. The summed E-state index contributed by atoms with van der Waals surface area (Å²) >= 11 is 0. The van der Waals surface area contributed by atoms with Crippen LogP contribution in [0, 0.1) is 11.6 Å². The molecule has 1 aromatic rings. The molecule has 0 saturated heterocycles. The van der Waals surface area contributed by atoms with Gasteiger partial charge >= 0.3 is 5.97 Å². The van der Waals surface area contributed by atoms with Crippen LogP contribution in [0.15, 0.2) is 18.2 Å². The summed E-state index contributed by atoms with van der Waals surface area (Å²) in [5.41, 5.74) is -1.13. The van der Waals surface area contributed by atoms with Gasteiger partial charge in [-0.2, -0.15) is 0 Å². The van der Waals surface area contributed by atoms with E-state index in [1.807, 2.05) is 6.92 Å². The summed E-state index contributed by atoms with van der Waals surface area (Å²) in [6.45, 7) is 4.06. The van der Waals surface area contributed by atoms with Gasteiger partial charge in [0.1, 0.15) is 11.4 Å². The number of halogens is 2. The Hall–Kier alpha value is -1.69. The highest BCUT2D eigenvalue weighted by Gasteiger charge is 2.32. The van der Waals surface area contributed by atoms with Crippen molar-refractivity contribution in [3.8, 4) is 5.75 Å². The third-order valence-corrected chi connectivity index (χ3v) is 2.99. The van der Waals surface area contributed by atoms with E-state index in [0.29, 0.717) is 6.54 Å². The lowest BCUT2D eigenvalue weighted by Gasteiger charge is -2.26. The first-order chi connectivity index (χ1) is 9.39. The van der Waals surface area contributed by atoms with E-state index in [0.717, 1.165) is 18.6 Å². The number of ether oxygens (including phenoxy) is 1. The maximum atomic E-state index is 13.3. The zero-order chi connectivity index (χ0) is 15.2. The predicted octanol–water partition coefficient (Wildman–Crippen LogP) is 2.58. The predicted molar refractivity (Wildman–Crippen MR) is 70.8 cm³/mol. The van der Waals surface area contributed by atoms with Crippen molar-refractivity contribution in [3.05, 3.63) is 29.8 Å². The molecule has 1 aromatic carbocycles. The molecule has 0 spiro atoms. The van der Waals surface area contributed by atoms with Gasteiger partial charge in [-0.05, 0) is 32.0 Å². The number of benzene rings is 1. The first-order valence-electron chi connectivity index (χ1n) is 6.45. The Labute approximate surface area is 116 Å². The quantitative estimate of drug-likeness (QED) is 0.771. The number of hydrogen-bond donors (Lipinski definition) is 2. The molecule has 6 heteroatoms. The van der Waals surface area contributed by atoms with Crippen LogP contribution in [0.2, 0.25) is 0 Å². The summed E-state index contributed by atoms with van der Waals surface area (Å²) in [6.07, 6.45) is 0.968. The van der Waals surface area contributed by atoms with Crippen molar-refractivity contribution >= 4 is 5.97 Å². The molecule has 0 heterocycles. The highest BCUT2D eigenvalue weighted by Crippen LogP contribution is 2.19.